The molecule has 0 spiro atoms. The van der Waals surface area contributed by atoms with E-state index in [2.05, 4.69) is 35.5 Å². The highest BCUT2D eigenvalue weighted by atomic mass is 32.2. The SMILES string of the molecule is COc1cc(C)c(S(=O)N(C)CCC(=O)N(C)CCNc2ccc3c(c2)CCN(C)CC3)c(C)c1. The number of hydrogen-bond acceptors (Lipinski definition) is 5. The zero-order valence-corrected chi connectivity index (χ0v) is 22.8. The van der Waals surface area contributed by atoms with Crippen LogP contribution in [0.4, 0.5) is 5.69 Å². The second-order valence-electron chi connectivity index (χ2n) is 9.47. The minimum atomic E-state index is -1.33. The molecule has 2 aromatic rings. The zero-order chi connectivity index (χ0) is 25.5. The predicted octanol–water partition coefficient (Wildman–Crippen LogP) is 3.26. The third kappa shape index (κ3) is 7.29. The van der Waals surface area contributed by atoms with Crippen LogP contribution in [0.25, 0.3) is 0 Å². The number of fused-ring (bicyclic) bond motifs is 1. The fourth-order valence-corrected chi connectivity index (χ4v) is 5.66. The van der Waals surface area contributed by atoms with Gasteiger partial charge in [0.2, 0.25) is 5.91 Å². The van der Waals surface area contributed by atoms with Crippen molar-refractivity contribution in [1.82, 2.24) is 14.1 Å². The Labute approximate surface area is 213 Å². The fourth-order valence-electron chi connectivity index (χ4n) is 4.43. The zero-order valence-electron chi connectivity index (χ0n) is 22.0. The van der Waals surface area contributed by atoms with Gasteiger partial charge in [-0.15, -0.1) is 0 Å². The van der Waals surface area contributed by atoms with E-state index >= 15 is 0 Å². The summed E-state index contributed by atoms with van der Waals surface area (Å²) in [4.78, 5) is 17.6. The first kappa shape index (κ1) is 27.2. The number of anilines is 1. The highest BCUT2D eigenvalue weighted by Gasteiger charge is 2.19. The number of hydrogen-bond donors (Lipinski definition) is 1. The summed E-state index contributed by atoms with van der Waals surface area (Å²) in [6, 6.07) is 10.4. The first-order valence-electron chi connectivity index (χ1n) is 12.3. The second kappa shape index (κ2) is 12.5. The Hall–Kier alpha value is -2.42. The number of amides is 1. The van der Waals surface area contributed by atoms with Gasteiger partial charge in [-0.05, 0) is 80.3 Å². The Morgan fingerprint density at radius 2 is 1.71 bits per heavy atom. The van der Waals surface area contributed by atoms with Crippen molar-refractivity contribution in [3.63, 3.8) is 0 Å². The number of likely N-dealkylation sites (N-methyl/N-ethyl adjacent to an activating group) is 2. The van der Waals surface area contributed by atoms with E-state index in [0.29, 0.717) is 26.1 Å². The first-order chi connectivity index (χ1) is 16.7. The molecule has 1 amide bonds. The van der Waals surface area contributed by atoms with Crippen molar-refractivity contribution in [2.24, 2.45) is 0 Å². The highest BCUT2D eigenvalue weighted by molar-refractivity contribution is 7.82. The number of nitrogens with zero attached hydrogens (tertiary/aromatic N) is 3. The molecule has 1 atom stereocenters. The molecule has 0 fully saturated rings. The molecule has 2 aromatic carbocycles. The Bertz CT molecular complexity index is 1040. The molecule has 3 rings (SSSR count). The third-order valence-electron chi connectivity index (χ3n) is 6.70. The van der Waals surface area contributed by atoms with E-state index < -0.39 is 11.0 Å². The largest absolute Gasteiger partial charge is 0.497 e. The number of benzene rings is 2. The summed E-state index contributed by atoms with van der Waals surface area (Å²) >= 11 is 0. The molecule has 1 aliphatic rings. The third-order valence-corrected chi connectivity index (χ3v) is 8.44. The van der Waals surface area contributed by atoms with Crippen molar-refractivity contribution in [2.75, 3.05) is 66.3 Å². The van der Waals surface area contributed by atoms with E-state index in [-0.39, 0.29) is 5.91 Å². The van der Waals surface area contributed by atoms with Crippen molar-refractivity contribution in [1.29, 1.82) is 0 Å². The standard InChI is InChI=1S/C27H40N4O3S/c1-20-17-25(34-6)18-21(2)27(20)35(33)31(5)15-11-26(32)30(4)16-12-28-24-8-7-22-9-13-29(3)14-10-23(22)19-24/h7-8,17-19,28H,9-16H2,1-6H3. The second-order valence-corrected chi connectivity index (χ2v) is 11.0. The van der Waals surface area contributed by atoms with Crippen molar-refractivity contribution >= 4 is 22.6 Å². The van der Waals surface area contributed by atoms with Gasteiger partial charge in [-0.3, -0.25) is 4.79 Å². The summed E-state index contributed by atoms with van der Waals surface area (Å²) in [6.45, 7) is 7.79. The molecule has 7 nitrogen and oxygen atoms in total. The van der Waals surface area contributed by atoms with Crippen LogP contribution in [0, 0.1) is 13.8 Å². The molecule has 8 heteroatoms. The summed E-state index contributed by atoms with van der Waals surface area (Å²) in [6.07, 6.45) is 2.49. The molecule has 0 bridgehead atoms. The van der Waals surface area contributed by atoms with Crippen molar-refractivity contribution < 1.29 is 13.7 Å². The van der Waals surface area contributed by atoms with E-state index in [1.165, 1.54) is 11.1 Å². The van der Waals surface area contributed by atoms with Crippen LogP contribution in [-0.4, -0.2) is 85.2 Å². The number of rotatable bonds is 10. The number of aryl methyl sites for hydroxylation is 2. The highest BCUT2D eigenvalue weighted by Crippen LogP contribution is 2.25. The molecule has 1 aliphatic heterocycles. The lowest BCUT2D eigenvalue weighted by molar-refractivity contribution is -0.129. The normalized spacial score (nSPS) is 14.8. The average Bonchev–Trinajstić information content (AvgIpc) is 3.02. The summed E-state index contributed by atoms with van der Waals surface area (Å²) in [7, 11) is 6.09. The van der Waals surface area contributed by atoms with Gasteiger partial charge in [0.1, 0.15) is 16.7 Å². The number of nitrogens with one attached hydrogen (secondary N) is 1. The molecule has 0 saturated carbocycles. The van der Waals surface area contributed by atoms with E-state index in [0.717, 1.165) is 53.4 Å². The van der Waals surface area contributed by atoms with Gasteiger partial charge in [0.05, 0.1) is 12.0 Å². The first-order valence-corrected chi connectivity index (χ1v) is 13.4. The van der Waals surface area contributed by atoms with Gasteiger partial charge in [-0.1, -0.05) is 6.07 Å². The number of carbonyl (C=O) groups excluding carboxylic acids is 1. The Balaban J connectivity index is 1.46. The van der Waals surface area contributed by atoms with Crippen molar-refractivity contribution in [3.05, 3.63) is 52.6 Å². The van der Waals surface area contributed by atoms with Crippen LogP contribution < -0.4 is 10.1 Å². The van der Waals surface area contributed by atoms with Gasteiger partial charge >= 0.3 is 0 Å². The lowest BCUT2D eigenvalue weighted by Gasteiger charge is -2.22. The molecule has 35 heavy (non-hydrogen) atoms. The summed E-state index contributed by atoms with van der Waals surface area (Å²) in [5.41, 5.74) is 5.81. The molecule has 1 unspecified atom stereocenters. The molecule has 192 valence electrons. The minimum Gasteiger partial charge on any atom is -0.497 e. The van der Waals surface area contributed by atoms with Crippen LogP contribution in [0.2, 0.25) is 0 Å². The van der Waals surface area contributed by atoms with Crippen LogP contribution in [0.3, 0.4) is 0 Å². The van der Waals surface area contributed by atoms with Gasteiger partial charge in [-0.25, -0.2) is 8.51 Å². The van der Waals surface area contributed by atoms with E-state index in [9.17, 15) is 9.00 Å². The quantitative estimate of drug-likeness (QED) is 0.543. The summed E-state index contributed by atoms with van der Waals surface area (Å²) in [5.74, 6) is 0.802. The van der Waals surface area contributed by atoms with E-state index in [4.69, 9.17) is 4.74 Å². The molecule has 1 N–H and O–H groups in total. The maximum Gasteiger partial charge on any atom is 0.223 e. The predicted molar refractivity (Wildman–Crippen MR) is 144 cm³/mol. The van der Waals surface area contributed by atoms with E-state index in [1.807, 2.05) is 33.0 Å². The molecule has 1 heterocycles. The monoisotopic (exact) mass is 500 g/mol. The maximum absolute atomic E-state index is 13.1. The van der Waals surface area contributed by atoms with Crippen molar-refractivity contribution in [2.45, 2.75) is 38.0 Å². The molecule has 0 radical (unpaired) electrons. The molecule has 0 aliphatic carbocycles. The summed E-state index contributed by atoms with van der Waals surface area (Å²) < 4.78 is 20.1. The van der Waals surface area contributed by atoms with Crippen molar-refractivity contribution in [3.8, 4) is 5.75 Å². The van der Waals surface area contributed by atoms with Gasteiger partial charge in [0.25, 0.3) is 0 Å². The molecular weight excluding hydrogens is 460 g/mol. The maximum atomic E-state index is 13.1. The average molecular weight is 501 g/mol. The lowest BCUT2D eigenvalue weighted by Crippen LogP contribution is -2.34. The van der Waals surface area contributed by atoms with Crippen LogP contribution >= 0.6 is 0 Å². The topological polar surface area (TPSA) is 65.1 Å². The Kier molecular flexibility index (Phi) is 9.71. The number of methoxy groups -OCH3 is 1. The number of carbonyl (C=O) groups is 1. The lowest BCUT2D eigenvalue weighted by atomic mass is 10.0. The molecule has 0 saturated heterocycles. The molecular formula is C27H40N4O3S. The smallest absolute Gasteiger partial charge is 0.223 e. The van der Waals surface area contributed by atoms with Gasteiger partial charge in [-0.2, -0.15) is 0 Å². The summed E-state index contributed by atoms with van der Waals surface area (Å²) in [5, 5.41) is 3.46. The van der Waals surface area contributed by atoms with Crippen LogP contribution in [-0.2, 0) is 28.6 Å². The van der Waals surface area contributed by atoms with Crippen LogP contribution in [0.5, 0.6) is 5.75 Å². The van der Waals surface area contributed by atoms with Crippen LogP contribution in [0.1, 0.15) is 28.7 Å². The fraction of sp³-hybridized carbons (Fsp3) is 0.519. The van der Waals surface area contributed by atoms with E-state index in [1.54, 1.807) is 23.4 Å². The number of ether oxygens (including phenoxy) is 1. The van der Waals surface area contributed by atoms with Crippen LogP contribution in [0.15, 0.2) is 35.2 Å². The Morgan fingerprint density at radius 3 is 2.37 bits per heavy atom. The Morgan fingerprint density at radius 1 is 1.06 bits per heavy atom. The molecule has 0 aromatic heterocycles. The van der Waals surface area contributed by atoms with Gasteiger partial charge in [0, 0.05) is 58.9 Å². The van der Waals surface area contributed by atoms with Gasteiger partial charge in [0.15, 0.2) is 0 Å². The minimum absolute atomic E-state index is 0.0452. The van der Waals surface area contributed by atoms with Gasteiger partial charge < -0.3 is 19.9 Å².